The highest BCUT2D eigenvalue weighted by Gasteiger charge is 2.16. The largest absolute Gasteiger partial charge is 0.378 e. The Morgan fingerprint density at radius 1 is 1.17 bits per heavy atom. The van der Waals surface area contributed by atoms with E-state index in [0.29, 0.717) is 5.56 Å². The van der Waals surface area contributed by atoms with E-state index in [9.17, 15) is 9.90 Å². The van der Waals surface area contributed by atoms with Crippen LogP contribution in [-0.2, 0) is 11.8 Å². The Morgan fingerprint density at radius 3 is 2.58 bits per heavy atom. The number of aromatic nitrogens is 1. The molecule has 1 unspecified atom stereocenters. The van der Waals surface area contributed by atoms with Crippen molar-refractivity contribution in [2.45, 2.75) is 13.0 Å². The summed E-state index contributed by atoms with van der Waals surface area (Å²) in [6, 6.07) is 16.8. The van der Waals surface area contributed by atoms with Crippen LogP contribution in [0.2, 0.25) is 0 Å². The van der Waals surface area contributed by atoms with Gasteiger partial charge in [-0.05, 0) is 18.6 Å². The Kier molecular flexibility index (Phi) is 4.44. The van der Waals surface area contributed by atoms with Crippen molar-refractivity contribution in [1.29, 1.82) is 0 Å². The Hall–Kier alpha value is -2.92. The lowest BCUT2D eigenvalue weighted by molar-refractivity contribution is -0.129. The molecule has 3 rings (SSSR count). The van der Waals surface area contributed by atoms with Crippen LogP contribution in [0.1, 0.15) is 22.9 Å². The highest BCUT2D eigenvalue weighted by Crippen LogP contribution is 2.23. The zero-order valence-corrected chi connectivity index (χ0v) is 13.6. The van der Waals surface area contributed by atoms with Crippen LogP contribution in [0.25, 0.3) is 10.9 Å². The van der Waals surface area contributed by atoms with Gasteiger partial charge in [-0.2, -0.15) is 5.10 Å². The molecule has 0 aliphatic rings. The molecule has 1 atom stereocenters. The van der Waals surface area contributed by atoms with Crippen LogP contribution in [0.5, 0.6) is 0 Å². The van der Waals surface area contributed by atoms with E-state index in [1.54, 1.807) is 30.5 Å². The van der Waals surface area contributed by atoms with Crippen LogP contribution < -0.4 is 5.43 Å². The lowest BCUT2D eigenvalue weighted by Crippen LogP contribution is -2.25. The molecule has 2 N–H and O–H groups in total. The summed E-state index contributed by atoms with van der Waals surface area (Å²) in [5.74, 6) is -0.560. The van der Waals surface area contributed by atoms with E-state index >= 15 is 0 Å². The summed E-state index contributed by atoms with van der Waals surface area (Å²) in [6.07, 6.45) is 0.379. The predicted octanol–water partition coefficient (Wildman–Crippen LogP) is 2.67. The Morgan fingerprint density at radius 2 is 1.83 bits per heavy atom. The van der Waals surface area contributed by atoms with Gasteiger partial charge in [0.25, 0.3) is 5.91 Å². The van der Waals surface area contributed by atoms with Gasteiger partial charge in [0.2, 0.25) is 0 Å². The molecule has 5 heteroatoms. The van der Waals surface area contributed by atoms with Gasteiger partial charge in [-0.1, -0.05) is 48.5 Å². The number of benzene rings is 2. The van der Waals surface area contributed by atoms with E-state index < -0.39 is 12.0 Å². The van der Waals surface area contributed by atoms with Gasteiger partial charge in [-0.3, -0.25) is 4.79 Å². The number of nitrogens with zero attached hydrogens (tertiary/aromatic N) is 2. The second-order valence-electron chi connectivity index (χ2n) is 5.62. The van der Waals surface area contributed by atoms with E-state index in [2.05, 4.69) is 15.1 Å². The molecule has 0 aliphatic carbocycles. The van der Waals surface area contributed by atoms with Crippen LogP contribution >= 0.6 is 0 Å². The summed E-state index contributed by atoms with van der Waals surface area (Å²) in [4.78, 5) is 12.0. The molecule has 122 valence electrons. The van der Waals surface area contributed by atoms with Crippen LogP contribution in [0.15, 0.2) is 59.7 Å². The normalized spacial score (nSPS) is 12.6. The summed E-state index contributed by atoms with van der Waals surface area (Å²) >= 11 is 0. The van der Waals surface area contributed by atoms with Crippen molar-refractivity contribution in [3.05, 3.63) is 71.4 Å². The number of carbonyl (C=O) groups excluding carboxylic acids is 1. The van der Waals surface area contributed by atoms with Gasteiger partial charge in [0.15, 0.2) is 6.10 Å². The number of carbonyl (C=O) groups is 1. The Labute approximate surface area is 140 Å². The number of aliphatic hydroxyl groups excluding tert-OH is 1. The lowest BCUT2D eigenvalue weighted by atomic mass is 10.1. The van der Waals surface area contributed by atoms with Gasteiger partial charge in [0, 0.05) is 29.2 Å². The average molecular weight is 321 g/mol. The SMILES string of the molecule is Cc1c(C=NNC(=O)C(O)c2ccccc2)c2ccccc2n1C. The van der Waals surface area contributed by atoms with Crippen molar-refractivity contribution < 1.29 is 9.90 Å². The van der Waals surface area contributed by atoms with Crippen molar-refractivity contribution >= 4 is 23.0 Å². The van der Waals surface area contributed by atoms with Crippen LogP contribution in [0.4, 0.5) is 0 Å². The van der Waals surface area contributed by atoms with Gasteiger partial charge in [-0.15, -0.1) is 0 Å². The number of rotatable bonds is 4. The highest BCUT2D eigenvalue weighted by molar-refractivity contribution is 6.01. The second kappa shape index (κ2) is 6.68. The maximum absolute atomic E-state index is 12.0. The molecular weight excluding hydrogens is 302 g/mol. The number of hydrogen-bond acceptors (Lipinski definition) is 3. The van der Waals surface area contributed by atoms with Gasteiger partial charge in [0.05, 0.1) is 6.21 Å². The topological polar surface area (TPSA) is 66.6 Å². The Bertz CT molecular complexity index is 898. The molecule has 1 amide bonds. The van der Waals surface area contributed by atoms with Crippen molar-refractivity contribution in [3.63, 3.8) is 0 Å². The first kappa shape index (κ1) is 16.0. The first-order valence-corrected chi connectivity index (χ1v) is 7.69. The van der Waals surface area contributed by atoms with E-state index in [0.717, 1.165) is 22.2 Å². The van der Waals surface area contributed by atoms with E-state index in [1.807, 2.05) is 44.3 Å². The number of aryl methyl sites for hydroxylation is 1. The molecule has 3 aromatic rings. The van der Waals surface area contributed by atoms with Gasteiger partial charge >= 0.3 is 0 Å². The Balaban J connectivity index is 1.78. The van der Waals surface area contributed by atoms with Gasteiger partial charge in [-0.25, -0.2) is 5.43 Å². The van der Waals surface area contributed by atoms with E-state index in [1.165, 1.54) is 0 Å². The molecule has 0 saturated carbocycles. The first-order valence-electron chi connectivity index (χ1n) is 7.69. The third kappa shape index (κ3) is 2.94. The van der Waals surface area contributed by atoms with Gasteiger partial charge < -0.3 is 9.67 Å². The summed E-state index contributed by atoms with van der Waals surface area (Å²) < 4.78 is 2.08. The number of nitrogens with one attached hydrogen (secondary N) is 1. The number of hydrazone groups is 1. The number of fused-ring (bicyclic) bond motifs is 1. The summed E-state index contributed by atoms with van der Waals surface area (Å²) in [5, 5.41) is 15.1. The highest BCUT2D eigenvalue weighted by atomic mass is 16.3. The van der Waals surface area contributed by atoms with Crippen molar-refractivity contribution in [3.8, 4) is 0 Å². The van der Waals surface area contributed by atoms with Crippen LogP contribution in [0.3, 0.4) is 0 Å². The quantitative estimate of drug-likeness (QED) is 0.573. The van der Waals surface area contributed by atoms with Crippen molar-refractivity contribution in [2.75, 3.05) is 0 Å². The number of aliphatic hydroxyl groups is 1. The van der Waals surface area contributed by atoms with E-state index in [-0.39, 0.29) is 0 Å². The standard InChI is InChI=1S/C19H19N3O2/c1-13-16(15-10-6-7-11-17(15)22(13)2)12-20-21-19(24)18(23)14-8-4-3-5-9-14/h3-12,18,23H,1-2H3,(H,21,24). The zero-order valence-electron chi connectivity index (χ0n) is 13.6. The molecule has 5 nitrogen and oxygen atoms in total. The van der Waals surface area contributed by atoms with Gasteiger partial charge in [0.1, 0.15) is 0 Å². The summed E-state index contributed by atoms with van der Waals surface area (Å²) in [7, 11) is 1.99. The molecule has 1 heterocycles. The molecule has 0 bridgehead atoms. The molecule has 0 spiro atoms. The predicted molar refractivity (Wildman–Crippen MR) is 94.8 cm³/mol. The average Bonchev–Trinajstić information content (AvgIpc) is 2.87. The minimum Gasteiger partial charge on any atom is -0.378 e. The molecule has 24 heavy (non-hydrogen) atoms. The zero-order chi connectivity index (χ0) is 17.1. The molecular formula is C19H19N3O2. The molecule has 0 radical (unpaired) electrons. The lowest BCUT2D eigenvalue weighted by Gasteiger charge is -2.08. The second-order valence-corrected chi connectivity index (χ2v) is 5.62. The first-order chi connectivity index (χ1) is 11.6. The molecule has 2 aromatic carbocycles. The molecule has 0 aliphatic heterocycles. The number of amides is 1. The van der Waals surface area contributed by atoms with Crippen molar-refractivity contribution in [2.24, 2.45) is 12.1 Å². The summed E-state index contributed by atoms with van der Waals surface area (Å²) in [5.41, 5.74) is 6.04. The van der Waals surface area contributed by atoms with Crippen LogP contribution in [0, 0.1) is 6.92 Å². The third-order valence-electron chi connectivity index (χ3n) is 4.18. The number of para-hydroxylation sites is 1. The minimum atomic E-state index is -1.24. The van der Waals surface area contributed by atoms with Crippen LogP contribution in [-0.4, -0.2) is 21.8 Å². The fraction of sp³-hybridized carbons (Fsp3) is 0.158. The maximum Gasteiger partial charge on any atom is 0.273 e. The van der Waals surface area contributed by atoms with Crippen molar-refractivity contribution in [1.82, 2.24) is 9.99 Å². The smallest absolute Gasteiger partial charge is 0.273 e. The fourth-order valence-electron chi connectivity index (χ4n) is 2.72. The maximum atomic E-state index is 12.0. The monoisotopic (exact) mass is 321 g/mol. The third-order valence-corrected chi connectivity index (χ3v) is 4.18. The molecule has 0 fully saturated rings. The van der Waals surface area contributed by atoms with E-state index in [4.69, 9.17) is 0 Å². The minimum absolute atomic E-state index is 0.534. The fourth-order valence-corrected chi connectivity index (χ4v) is 2.72. The molecule has 0 saturated heterocycles. The molecule has 1 aromatic heterocycles. The number of hydrogen-bond donors (Lipinski definition) is 2. The summed E-state index contributed by atoms with van der Waals surface area (Å²) in [6.45, 7) is 2.00.